The molecule has 1 aromatic carbocycles. The number of aliphatic hydroxyl groups excluding tert-OH is 1. The predicted molar refractivity (Wildman–Crippen MR) is 227 cm³/mol. The van der Waals surface area contributed by atoms with E-state index in [1.807, 2.05) is 0 Å². The van der Waals surface area contributed by atoms with Gasteiger partial charge in [-0.2, -0.15) is 21.7 Å². The topological polar surface area (TPSA) is 220 Å². The molecule has 0 aliphatic carbocycles. The van der Waals surface area contributed by atoms with Crippen LogP contribution in [0, 0.1) is 5.92 Å². The lowest BCUT2D eigenvalue weighted by molar-refractivity contribution is -0.143. The summed E-state index contributed by atoms with van der Waals surface area (Å²) in [6.07, 6.45) is 18.5. The maximum atomic E-state index is 13.0. The van der Waals surface area contributed by atoms with E-state index in [-0.39, 0.29) is 42.8 Å². The van der Waals surface area contributed by atoms with E-state index in [9.17, 15) is 24.3 Å². The molecule has 1 amide bonds. The Labute approximate surface area is 336 Å². The van der Waals surface area contributed by atoms with Crippen LogP contribution in [0.2, 0.25) is 0 Å². The summed E-state index contributed by atoms with van der Waals surface area (Å²) < 4.78 is 6.81. The number of carbonyl (C=O) groups is 3. The average Bonchev–Trinajstić information content (AvgIpc) is 3.50. The molecule has 0 aliphatic heterocycles. The maximum Gasteiger partial charge on any atom is 0.328 e. The first-order chi connectivity index (χ1) is 27.2. The molecule has 0 radical (unpaired) electrons. The van der Waals surface area contributed by atoms with Gasteiger partial charge in [0, 0.05) is 36.6 Å². The molecule has 8 N–H and O–H groups in total. The van der Waals surface area contributed by atoms with E-state index < -0.39 is 24.5 Å². The van der Waals surface area contributed by atoms with Gasteiger partial charge in [0.15, 0.2) is 17.2 Å². The first kappa shape index (κ1) is 46.4. The highest BCUT2D eigenvalue weighted by atomic mass is 32.2. The number of esters is 1. The minimum Gasteiger partial charge on any atom is -0.465 e. The lowest BCUT2D eigenvalue weighted by Crippen LogP contribution is -2.37. The van der Waals surface area contributed by atoms with Crippen molar-refractivity contribution < 1.29 is 24.2 Å². The number of nitrogen functional groups attached to an aromatic ring is 1. The number of carbonyl (C=O) groups excluding carboxylic acids is 3. The number of thioether (sulfide) groups is 1. The molecule has 0 saturated carbocycles. The number of benzene rings is 1. The van der Waals surface area contributed by atoms with E-state index in [4.69, 9.17) is 16.2 Å². The fraction of sp³-hybridized carbons (Fsp3) is 0.659. The highest BCUT2D eigenvalue weighted by molar-refractivity contribution is 7.99. The molecule has 2 aromatic heterocycles. The first-order valence-electron chi connectivity index (χ1n) is 20.7. The fourth-order valence-electron chi connectivity index (χ4n) is 6.29. The van der Waals surface area contributed by atoms with Crippen molar-refractivity contribution in [3.8, 4) is 0 Å². The van der Waals surface area contributed by atoms with Gasteiger partial charge in [-0.25, -0.2) is 4.79 Å². The standard InChI is InChI=1S/C41H66N8O6S/c1-3-5-7-8-9-10-11-12-13-14-15-16-17-18-35(52)55-24-25-56-29-33(42)34(51)26-31(28-50)39(53)45-32-21-19-30(20-22-32)27-49-38-36(46-41(49)54)37(43)47-40(48-38)44-23-6-4-2/h19-22,31,33,50H,3-18,23-29,42H2,1-2H3,(H,45,53)(H,46,54)(H3,43,44,47,48)/t31-,33-/m0/s1. The minimum atomic E-state index is -0.973. The summed E-state index contributed by atoms with van der Waals surface area (Å²) in [5.74, 6) is -0.670. The highest BCUT2D eigenvalue weighted by Crippen LogP contribution is 2.20. The molecule has 0 spiro atoms. The largest absolute Gasteiger partial charge is 0.465 e. The Morgan fingerprint density at radius 2 is 1.54 bits per heavy atom. The van der Waals surface area contributed by atoms with Gasteiger partial charge in [-0.1, -0.05) is 109 Å². The summed E-state index contributed by atoms with van der Waals surface area (Å²) >= 11 is 1.41. The normalized spacial score (nSPS) is 12.4. The van der Waals surface area contributed by atoms with Crippen LogP contribution in [-0.4, -0.2) is 79.6 Å². The second-order valence-corrected chi connectivity index (χ2v) is 15.7. The number of H-pyrrole nitrogens is 1. The quantitative estimate of drug-likeness (QED) is 0.0301. The van der Waals surface area contributed by atoms with Crippen molar-refractivity contribution in [1.82, 2.24) is 19.5 Å². The van der Waals surface area contributed by atoms with E-state index in [1.54, 1.807) is 24.3 Å². The third-order valence-electron chi connectivity index (χ3n) is 9.75. The van der Waals surface area contributed by atoms with Crippen molar-refractivity contribution in [2.75, 3.05) is 47.6 Å². The number of fused-ring (bicyclic) bond motifs is 1. The maximum absolute atomic E-state index is 13.0. The van der Waals surface area contributed by atoms with E-state index in [0.29, 0.717) is 47.3 Å². The van der Waals surface area contributed by atoms with Crippen molar-refractivity contribution in [3.63, 3.8) is 0 Å². The molecule has 3 rings (SSSR count). The van der Waals surface area contributed by atoms with Crippen LogP contribution in [0.4, 0.5) is 17.5 Å². The lowest BCUT2D eigenvalue weighted by atomic mass is 9.99. The second kappa shape index (κ2) is 26.8. The van der Waals surface area contributed by atoms with Gasteiger partial charge < -0.3 is 36.9 Å². The lowest BCUT2D eigenvalue weighted by Gasteiger charge is -2.17. The number of rotatable bonds is 31. The number of nitrogens with one attached hydrogen (secondary N) is 3. The number of Topliss-reactive ketones (excluding diaryl/α,β-unsaturated/α-hetero) is 1. The Kier molecular flexibility index (Phi) is 22.2. The van der Waals surface area contributed by atoms with Gasteiger partial charge in [0.05, 0.1) is 25.1 Å². The van der Waals surface area contributed by atoms with Crippen LogP contribution in [0.1, 0.15) is 129 Å². The summed E-state index contributed by atoms with van der Waals surface area (Å²) in [6, 6.07) is 6.06. The number of unbranched alkanes of at least 4 members (excludes halogenated alkanes) is 13. The number of anilines is 3. The number of hydrogen-bond acceptors (Lipinski definition) is 12. The zero-order valence-electron chi connectivity index (χ0n) is 33.6. The molecule has 3 aromatic rings. The number of aliphatic hydroxyl groups is 1. The van der Waals surface area contributed by atoms with Crippen molar-refractivity contribution in [1.29, 1.82) is 0 Å². The molecular formula is C41H66N8O6S. The third kappa shape index (κ3) is 17.0. The Morgan fingerprint density at radius 1 is 0.911 bits per heavy atom. The number of imidazole rings is 1. The molecule has 15 heteroatoms. The molecule has 0 saturated heterocycles. The first-order valence-corrected chi connectivity index (χ1v) is 21.8. The number of aromatic amines is 1. The van der Waals surface area contributed by atoms with E-state index in [1.165, 1.54) is 80.5 Å². The third-order valence-corrected chi connectivity index (χ3v) is 10.8. The molecule has 2 heterocycles. The van der Waals surface area contributed by atoms with Crippen LogP contribution in [0.15, 0.2) is 29.1 Å². The van der Waals surface area contributed by atoms with Crippen LogP contribution >= 0.6 is 11.8 Å². The molecule has 312 valence electrons. The van der Waals surface area contributed by atoms with Gasteiger partial charge in [0.25, 0.3) is 0 Å². The predicted octanol–water partition coefficient (Wildman–Crippen LogP) is 6.55. The molecule has 56 heavy (non-hydrogen) atoms. The Balaban J connectivity index is 1.30. The smallest absolute Gasteiger partial charge is 0.328 e. The van der Waals surface area contributed by atoms with E-state index in [0.717, 1.165) is 37.7 Å². The SMILES string of the molecule is CCCCCCCCCCCCCCCC(=O)OCCSC[C@H](N)C(=O)C[C@@H](CO)C(=O)Nc1ccc(Cn2c(=O)[nH]c3c(N)nc(NCCCC)nc32)cc1. The Bertz CT molecular complexity index is 1660. The summed E-state index contributed by atoms with van der Waals surface area (Å²) in [4.78, 5) is 62.1. The molecule has 0 unspecified atom stereocenters. The molecule has 0 bridgehead atoms. The zero-order chi connectivity index (χ0) is 40.5. The summed E-state index contributed by atoms with van der Waals surface area (Å²) in [7, 11) is 0. The molecule has 2 atom stereocenters. The van der Waals surface area contributed by atoms with Crippen LogP contribution < -0.4 is 27.8 Å². The zero-order valence-corrected chi connectivity index (χ0v) is 34.4. The van der Waals surface area contributed by atoms with E-state index in [2.05, 4.69) is 39.4 Å². The van der Waals surface area contributed by atoms with Gasteiger partial charge >= 0.3 is 11.7 Å². The van der Waals surface area contributed by atoms with Gasteiger partial charge in [-0.15, -0.1) is 0 Å². The molecular weight excluding hydrogens is 733 g/mol. The average molecular weight is 799 g/mol. The Morgan fingerprint density at radius 3 is 2.16 bits per heavy atom. The number of hydrogen-bond donors (Lipinski definition) is 6. The second-order valence-electron chi connectivity index (χ2n) is 14.6. The number of amides is 1. The van der Waals surface area contributed by atoms with Crippen molar-refractivity contribution in [3.05, 3.63) is 40.3 Å². The highest BCUT2D eigenvalue weighted by Gasteiger charge is 2.25. The van der Waals surface area contributed by atoms with Crippen LogP contribution in [0.5, 0.6) is 0 Å². The Hall–Kier alpha value is -3.95. The minimum absolute atomic E-state index is 0.174. The van der Waals surface area contributed by atoms with Crippen LogP contribution in [0.25, 0.3) is 11.2 Å². The van der Waals surface area contributed by atoms with E-state index >= 15 is 0 Å². The van der Waals surface area contributed by atoms with Crippen molar-refractivity contribution in [2.45, 2.75) is 136 Å². The summed E-state index contributed by atoms with van der Waals surface area (Å²) in [5, 5.41) is 15.8. The molecule has 0 aliphatic rings. The van der Waals surface area contributed by atoms with Crippen LogP contribution in [0.3, 0.4) is 0 Å². The van der Waals surface area contributed by atoms with Gasteiger partial charge in [0.2, 0.25) is 11.9 Å². The number of ketones is 1. The fourth-order valence-corrected chi connectivity index (χ4v) is 7.09. The number of aromatic nitrogens is 4. The number of nitrogens with zero attached hydrogens (tertiary/aromatic N) is 3. The van der Waals surface area contributed by atoms with Crippen molar-refractivity contribution >= 4 is 58.0 Å². The monoisotopic (exact) mass is 798 g/mol. The van der Waals surface area contributed by atoms with Gasteiger partial charge in [0.1, 0.15) is 12.1 Å². The summed E-state index contributed by atoms with van der Waals surface area (Å²) in [6.45, 7) is 4.94. The molecule has 14 nitrogen and oxygen atoms in total. The molecule has 0 fully saturated rings. The van der Waals surface area contributed by atoms with Crippen molar-refractivity contribution in [2.24, 2.45) is 11.7 Å². The van der Waals surface area contributed by atoms with Gasteiger partial charge in [-0.3, -0.25) is 19.0 Å². The number of ether oxygens (including phenoxy) is 1. The van der Waals surface area contributed by atoms with Gasteiger partial charge in [-0.05, 0) is 30.5 Å². The summed E-state index contributed by atoms with van der Waals surface area (Å²) in [5.41, 5.74) is 13.8. The van der Waals surface area contributed by atoms with Crippen LogP contribution in [-0.2, 0) is 25.7 Å². The number of nitrogens with two attached hydrogens (primary N) is 2.